The average Bonchev–Trinajstić information content (AvgIpc) is 1.67. The molecule has 0 saturated heterocycles. The van der Waals surface area contributed by atoms with E-state index < -0.39 is 0 Å². The van der Waals surface area contributed by atoms with E-state index in [0.29, 0.717) is 0 Å². The maximum atomic E-state index is 2.48. The third-order valence-electron chi connectivity index (χ3n) is 19.0. The van der Waals surface area contributed by atoms with Gasteiger partial charge in [-0.1, -0.05) is 269 Å². The largest absolute Gasteiger partial charge is 0.0622 e. The first-order valence-electron chi connectivity index (χ1n) is 29.3. The summed E-state index contributed by atoms with van der Waals surface area (Å²) < 4.78 is 0. The van der Waals surface area contributed by atoms with Crippen LogP contribution in [0.1, 0.15) is 25.0 Å². The van der Waals surface area contributed by atoms with Gasteiger partial charge in [0, 0.05) is 0 Å². The molecule has 0 fully saturated rings. The quantitative estimate of drug-likeness (QED) is 0.105. The van der Waals surface area contributed by atoms with Crippen LogP contribution in [0.4, 0.5) is 0 Å². The molecule has 0 nitrogen and oxygen atoms in total. The van der Waals surface area contributed by atoms with Gasteiger partial charge in [0.25, 0.3) is 0 Å². The van der Waals surface area contributed by atoms with Crippen molar-refractivity contribution >= 4 is 75.4 Å². The van der Waals surface area contributed by atoms with E-state index >= 15 is 0 Å². The number of hydrogen-bond acceptors (Lipinski definition) is 0. The van der Waals surface area contributed by atoms with Crippen molar-refractivity contribution in [2.75, 3.05) is 0 Å². The zero-order valence-corrected chi connectivity index (χ0v) is 45.7. The van der Waals surface area contributed by atoms with Crippen LogP contribution in [0.15, 0.2) is 255 Å². The van der Waals surface area contributed by atoms with Crippen LogP contribution in [0.5, 0.6) is 0 Å². The Morgan fingerprint density at radius 3 is 0.585 bits per heavy atom. The summed E-state index contributed by atoms with van der Waals surface area (Å²) in [6, 6.07) is 96.8. The maximum Gasteiger partial charge on any atom is -0.000742 e. The zero-order chi connectivity index (χ0) is 53.9. The molecule has 0 aromatic heterocycles. The molecule has 0 radical (unpaired) electrons. The third-order valence-corrected chi connectivity index (χ3v) is 19.0. The lowest BCUT2D eigenvalue weighted by atomic mass is 9.78. The highest BCUT2D eigenvalue weighted by molar-refractivity contribution is 6.45. The fourth-order valence-corrected chi connectivity index (χ4v) is 16.0. The molecule has 0 atom stereocenters. The first-order chi connectivity index (χ1) is 40.7. The molecule has 0 heteroatoms. The topological polar surface area (TPSA) is 0 Å². The molecule has 16 aromatic rings. The van der Waals surface area contributed by atoms with Gasteiger partial charge in [0.2, 0.25) is 0 Å². The van der Waals surface area contributed by atoms with Crippen molar-refractivity contribution in [2.45, 2.75) is 26.7 Å². The fourth-order valence-electron chi connectivity index (χ4n) is 16.0. The van der Waals surface area contributed by atoms with Gasteiger partial charge in [-0.3, -0.25) is 0 Å². The lowest BCUT2D eigenvalue weighted by molar-refractivity contribution is 1.15. The van der Waals surface area contributed by atoms with Crippen molar-refractivity contribution in [1.29, 1.82) is 0 Å². The standard InChI is InChI=1S/C82H52/c1-3-53-67(47-23-11-5-12-24-47)71(51-31-19-9-20-32-51)81-65-45-41-61-57-37-38-58-62-42-46-66-78-64(80-70(50-29-17-8-18-30-50)54(4-2)68(48-25-13-6-14-26-48)72(82(66)80)52-33-21-10-22-34-52)44-40-60(76(62)78)56-36-35-55(73(57)74(56)58)59-39-43-63(77(65)75(59)61)79(81)69(53)49-27-15-7-16-28-49/h5-46H,3-4H2,1-2H3. The summed E-state index contributed by atoms with van der Waals surface area (Å²) in [6.07, 6.45) is 1.80. The molecular formula is C82H52. The Labute approximate surface area is 476 Å². The van der Waals surface area contributed by atoms with Crippen LogP contribution in [0.3, 0.4) is 0 Å². The van der Waals surface area contributed by atoms with Gasteiger partial charge in [0.1, 0.15) is 0 Å². The normalized spacial score (nSPS) is 12.4. The lowest BCUT2D eigenvalue weighted by Crippen LogP contribution is -2.01. The highest BCUT2D eigenvalue weighted by Crippen LogP contribution is 2.63. The van der Waals surface area contributed by atoms with E-state index in [1.54, 1.807) is 0 Å². The molecule has 2 aliphatic carbocycles. The molecule has 82 heavy (non-hydrogen) atoms. The van der Waals surface area contributed by atoms with E-state index in [1.807, 2.05) is 0 Å². The molecule has 0 N–H and O–H groups in total. The summed E-state index contributed by atoms with van der Waals surface area (Å²) in [4.78, 5) is 0. The fraction of sp³-hybridized carbons (Fsp3) is 0.0488. The van der Waals surface area contributed by atoms with E-state index in [0.717, 1.165) is 12.8 Å². The van der Waals surface area contributed by atoms with Crippen molar-refractivity contribution < 1.29 is 0 Å². The molecule has 18 rings (SSSR count). The first-order valence-corrected chi connectivity index (χ1v) is 29.3. The van der Waals surface area contributed by atoms with Gasteiger partial charge in [-0.05, 0) is 211 Å². The van der Waals surface area contributed by atoms with Gasteiger partial charge in [-0.25, -0.2) is 0 Å². The molecule has 0 spiro atoms. The second-order valence-corrected chi connectivity index (χ2v) is 22.8. The smallest absolute Gasteiger partial charge is 0.000742 e. The highest BCUT2D eigenvalue weighted by Gasteiger charge is 2.37. The van der Waals surface area contributed by atoms with Crippen LogP contribution in [0.2, 0.25) is 0 Å². The minimum Gasteiger partial charge on any atom is -0.0622 e. The number of hydrogen-bond donors (Lipinski definition) is 0. The maximum absolute atomic E-state index is 2.48. The van der Waals surface area contributed by atoms with Crippen LogP contribution < -0.4 is 0 Å². The van der Waals surface area contributed by atoms with Crippen LogP contribution >= 0.6 is 0 Å². The van der Waals surface area contributed by atoms with Crippen LogP contribution in [-0.2, 0) is 12.8 Å². The second kappa shape index (κ2) is 17.2. The van der Waals surface area contributed by atoms with Crippen molar-refractivity contribution in [1.82, 2.24) is 0 Å². The Morgan fingerprint density at radius 1 is 0.171 bits per heavy atom. The monoisotopic (exact) mass is 1040 g/mol. The Hall–Kier alpha value is -10.1. The predicted molar refractivity (Wildman–Crippen MR) is 352 cm³/mol. The number of fused-ring (bicyclic) bond motifs is 10. The number of rotatable bonds is 8. The Kier molecular flexibility index (Phi) is 9.58. The molecular weight excluding hydrogens is 985 g/mol. The highest BCUT2D eigenvalue weighted by atomic mass is 14.4. The van der Waals surface area contributed by atoms with Crippen molar-refractivity contribution in [3.63, 3.8) is 0 Å². The van der Waals surface area contributed by atoms with Gasteiger partial charge < -0.3 is 0 Å². The predicted octanol–water partition coefficient (Wildman–Crippen LogP) is 23.1. The molecule has 380 valence electrons. The zero-order valence-electron chi connectivity index (χ0n) is 45.7. The Morgan fingerprint density at radius 2 is 0.354 bits per heavy atom. The van der Waals surface area contributed by atoms with Gasteiger partial charge in [-0.15, -0.1) is 0 Å². The van der Waals surface area contributed by atoms with Gasteiger partial charge in [0.05, 0.1) is 0 Å². The SMILES string of the molecule is CCc1c(-c2ccccc2)c(-c2ccccc2)c2c(c1-c1ccccc1)-c1ccc3c4ccc5c6ccc7c8c(ccc(c9ccc(c%10ccc-2c1c3%10)c4c59)c86)-c1c(-c2ccccc2)c(-c2ccccc2)c(CC)c(-c2ccccc2)c1-7. The minimum atomic E-state index is 0.898. The molecule has 0 amide bonds. The molecule has 0 aliphatic heterocycles. The first kappa shape index (κ1) is 45.7. The average molecular weight is 1040 g/mol. The van der Waals surface area contributed by atoms with Crippen molar-refractivity contribution in [2.24, 2.45) is 0 Å². The van der Waals surface area contributed by atoms with E-state index in [1.165, 1.54) is 198 Å². The summed E-state index contributed by atoms with van der Waals surface area (Å²) in [5.74, 6) is 0. The summed E-state index contributed by atoms with van der Waals surface area (Å²) in [5.41, 5.74) is 29.0. The molecule has 16 aromatic carbocycles. The van der Waals surface area contributed by atoms with E-state index in [2.05, 4.69) is 269 Å². The minimum absolute atomic E-state index is 0.898. The van der Waals surface area contributed by atoms with E-state index in [4.69, 9.17) is 0 Å². The summed E-state index contributed by atoms with van der Waals surface area (Å²) in [5, 5.41) is 18.7. The van der Waals surface area contributed by atoms with Crippen LogP contribution in [-0.4, -0.2) is 0 Å². The Balaban J connectivity index is 0.931. The third kappa shape index (κ3) is 5.95. The molecule has 0 unspecified atom stereocenters. The van der Waals surface area contributed by atoms with Crippen LogP contribution in [0.25, 0.3) is 187 Å². The van der Waals surface area contributed by atoms with E-state index in [-0.39, 0.29) is 0 Å². The number of benzene rings is 16. The summed E-state index contributed by atoms with van der Waals surface area (Å²) in [6.45, 7) is 4.69. The van der Waals surface area contributed by atoms with Crippen LogP contribution in [0, 0.1) is 0 Å². The van der Waals surface area contributed by atoms with E-state index in [9.17, 15) is 0 Å². The molecule has 0 saturated carbocycles. The molecule has 2 aliphatic rings. The molecule has 0 bridgehead atoms. The van der Waals surface area contributed by atoms with Gasteiger partial charge in [-0.2, -0.15) is 0 Å². The van der Waals surface area contributed by atoms with Crippen molar-refractivity contribution in [3.05, 3.63) is 266 Å². The lowest BCUT2D eigenvalue weighted by Gasteiger charge is -2.25. The van der Waals surface area contributed by atoms with Crippen molar-refractivity contribution in [3.8, 4) is 111 Å². The van der Waals surface area contributed by atoms with Gasteiger partial charge in [0.15, 0.2) is 0 Å². The van der Waals surface area contributed by atoms with Gasteiger partial charge >= 0.3 is 0 Å². The molecule has 0 heterocycles. The summed E-state index contributed by atoms with van der Waals surface area (Å²) in [7, 11) is 0. The Bertz CT molecular complexity index is 4920. The second-order valence-electron chi connectivity index (χ2n) is 22.8. The summed E-state index contributed by atoms with van der Waals surface area (Å²) >= 11 is 0.